The normalized spacial score (nSPS) is 14.2. The Morgan fingerprint density at radius 3 is 2.87 bits per heavy atom. The highest BCUT2D eigenvalue weighted by atomic mass is 16.5. The van der Waals surface area contributed by atoms with Gasteiger partial charge in [0.2, 0.25) is 5.95 Å². The van der Waals surface area contributed by atoms with Gasteiger partial charge in [0.15, 0.2) is 0 Å². The van der Waals surface area contributed by atoms with Crippen LogP contribution in [-0.2, 0) is 6.54 Å². The highest BCUT2D eigenvalue weighted by Gasteiger charge is 2.24. The Morgan fingerprint density at radius 1 is 1.26 bits per heavy atom. The molecule has 1 saturated carbocycles. The van der Waals surface area contributed by atoms with Crippen molar-refractivity contribution in [1.29, 1.82) is 0 Å². The van der Waals surface area contributed by atoms with Gasteiger partial charge in [-0.25, -0.2) is 4.98 Å². The molecule has 1 aliphatic rings. The fourth-order valence-electron chi connectivity index (χ4n) is 3.14. The minimum Gasteiger partial charge on any atom is -0.494 e. The van der Waals surface area contributed by atoms with Gasteiger partial charge in [-0.1, -0.05) is 24.3 Å². The van der Waals surface area contributed by atoms with E-state index < -0.39 is 0 Å². The average molecular weight is 307 g/mol. The molecule has 0 radical (unpaired) electrons. The molecule has 0 unspecified atom stereocenters. The summed E-state index contributed by atoms with van der Waals surface area (Å²) in [6, 6.07) is 12.7. The lowest BCUT2D eigenvalue weighted by Crippen LogP contribution is -2.01. The van der Waals surface area contributed by atoms with E-state index in [0.717, 1.165) is 35.2 Å². The Morgan fingerprint density at radius 2 is 2.13 bits per heavy atom. The van der Waals surface area contributed by atoms with Gasteiger partial charge in [0.1, 0.15) is 11.3 Å². The summed E-state index contributed by atoms with van der Waals surface area (Å²) in [4.78, 5) is 7.88. The lowest BCUT2D eigenvalue weighted by molar-refractivity contribution is 0.419. The summed E-state index contributed by atoms with van der Waals surface area (Å²) < 4.78 is 5.35. The van der Waals surface area contributed by atoms with Crippen molar-refractivity contribution in [2.45, 2.75) is 32.2 Å². The van der Waals surface area contributed by atoms with E-state index in [4.69, 9.17) is 4.74 Å². The van der Waals surface area contributed by atoms with Crippen LogP contribution in [0.25, 0.3) is 11.0 Å². The van der Waals surface area contributed by atoms with Crippen LogP contribution in [-0.4, -0.2) is 17.1 Å². The summed E-state index contributed by atoms with van der Waals surface area (Å²) in [6.45, 7) is 2.97. The molecular formula is C19H21N3O. The Bertz CT molecular complexity index is 849. The molecule has 2 aromatic carbocycles. The number of aryl methyl sites for hydroxylation is 1. The first-order valence-corrected chi connectivity index (χ1v) is 8.10. The molecule has 1 fully saturated rings. The number of hydrogen-bond donors (Lipinski definition) is 2. The van der Waals surface area contributed by atoms with Crippen LogP contribution in [0.5, 0.6) is 5.75 Å². The number of para-hydroxylation sites is 1. The van der Waals surface area contributed by atoms with Gasteiger partial charge in [0.25, 0.3) is 0 Å². The molecule has 0 aliphatic heterocycles. The van der Waals surface area contributed by atoms with E-state index in [0.29, 0.717) is 0 Å². The number of nitrogens with one attached hydrogen (secondary N) is 2. The van der Waals surface area contributed by atoms with Crippen molar-refractivity contribution in [3.63, 3.8) is 0 Å². The van der Waals surface area contributed by atoms with Gasteiger partial charge in [-0.2, -0.15) is 0 Å². The zero-order chi connectivity index (χ0) is 15.8. The molecule has 1 aromatic heterocycles. The number of ether oxygens (including phenoxy) is 1. The van der Waals surface area contributed by atoms with Crippen molar-refractivity contribution < 1.29 is 4.74 Å². The topological polar surface area (TPSA) is 49.9 Å². The van der Waals surface area contributed by atoms with E-state index in [1.54, 1.807) is 7.11 Å². The van der Waals surface area contributed by atoms with Crippen LogP contribution in [0.15, 0.2) is 36.4 Å². The zero-order valence-electron chi connectivity index (χ0n) is 13.5. The van der Waals surface area contributed by atoms with Crippen LogP contribution >= 0.6 is 0 Å². The molecule has 0 atom stereocenters. The van der Waals surface area contributed by atoms with Gasteiger partial charge in [0.05, 0.1) is 12.6 Å². The monoisotopic (exact) mass is 307 g/mol. The standard InChI is InChI=1S/C19H21N3O/c1-12-10-13(6-9-15(12)14-7-8-14)11-20-19-21-16-4-3-5-17(23-2)18(16)22-19/h3-6,9-10,14H,7-8,11H2,1-2H3,(H2,20,21,22). The molecule has 2 N–H and O–H groups in total. The molecule has 0 saturated heterocycles. The van der Waals surface area contributed by atoms with E-state index >= 15 is 0 Å². The highest BCUT2D eigenvalue weighted by Crippen LogP contribution is 2.41. The summed E-state index contributed by atoms with van der Waals surface area (Å²) in [5, 5.41) is 3.37. The third-order valence-corrected chi connectivity index (χ3v) is 4.51. The van der Waals surface area contributed by atoms with Crippen molar-refractivity contribution >= 4 is 17.0 Å². The number of imidazole rings is 1. The van der Waals surface area contributed by atoms with Crippen LogP contribution < -0.4 is 10.1 Å². The summed E-state index contributed by atoms with van der Waals surface area (Å²) >= 11 is 0. The summed E-state index contributed by atoms with van der Waals surface area (Å²) in [5.41, 5.74) is 6.03. The van der Waals surface area contributed by atoms with Crippen molar-refractivity contribution in [2.75, 3.05) is 12.4 Å². The van der Waals surface area contributed by atoms with E-state index in [9.17, 15) is 0 Å². The van der Waals surface area contributed by atoms with Gasteiger partial charge in [-0.05, 0) is 54.5 Å². The number of fused-ring (bicyclic) bond motifs is 1. The Kier molecular flexibility index (Phi) is 3.45. The number of benzene rings is 2. The molecule has 118 valence electrons. The second-order valence-electron chi connectivity index (χ2n) is 6.26. The minimum atomic E-state index is 0.758. The van der Waals surface area contributed by atoms with Crippen LogP contribution in [0.3, 0.4) is 0 Å². The van der Waals surface area contributed by atoms with Gasteiger partial charge >= 0.3 is 0 Å². The van der Waals surface area contributed by atoms with Crippen molar-refractivity contribution in [3.8, 4) is 5.75 Å². The molecular weight excluding hydrogens is 286 g/mol. The third-order valence-electron chi connectivity index (χ3n) is 4.51. The van der Waals surface area contributed by atoms with E-state index in [2.05, 4.69) is 40.4 Å². The highest BCUT2D eigenvalue weighted by molar-refractivity contribution is 5.83. The van der Waals surface area contributed by atoms with Crippen LogP contribution in [0, 0.1) is 6.92 Å². The van der Waals surface area contributed by atoms with E-state index in [-0.39, 0.29) is 0 Å². The van der Waals surface area contributed by atoms with Crippen LogP contribution in [0.2, 0.25) is 0 Å². The number of aromatic amines is 1. The van der Waals surface area contributed by atoms with Gasteiger partial charge in [-0.15, -0.1) is 0 Å². The number of aromatic nitrogens is 2. The molecule has 1 heterocycles. The minimum absolute atomic E-state index is 0.758. The molecule has 4 rings (SSSR count). The van der Waals surface area contributed by atoms with Gasteiger partial charge in [0, 0.05) is 6.54 Å². The maximum absolute atomic E-state index is 5.35. The molecule has 23 heavy (non-hydrogen) atoms. The summed E-state index contributed by atoms with van der Waals surface area (Å²) in [6.07, 6.45) is 2.69. The Hall–Kier alpha value is -2.49. The number of H-pyrrole nitrogens is 1. The predicted octanol–water partition coefficient (Wildman–Crippen LogP) is 4.37. The summed E-state index contributed by atoms with van der Waals surface area (Å²) in [7, 11) is 1.67. The number of anilines is 1. The molecule has 0 spiro atoms. The maximum atomic E-state index is 5.35. The molecule has 3 aromatic rings. The fraction of sp³-hybridized carbons (Fsp3) is 0.316. The number of hydrogen-bond acceptors (Lipinski definition) is 3. The number of nitrogens with zero attached hydrogens (tertiary/aromatic N) is 1. The predicted molar refractivity (Wildman–Crippen MR) is 93.1 cm³/mol. The molecule has 0 bridgehead atoms. The molecule has 4 nitrogen and oxygen atoms in total. The Labute approximate surface area is 135 Å². The number of methoxy groups -OCH3 is 1. The first kappa shape index (κ1) is 14.1. The average Bonchev–Trinajstić information content (AvgIpc) is 3.31. The fourth-order valence-corrected chi connectivity index (χ4v) is 3.14. The Balaban J connectivity index is 1.51. The third kappa shape index (κ3) is 2.77. The first-order chi connectivity index (χ1) is 11.2. The molecule has 4 heteroatoms. The molecule has 0 amide bonds. The van der Waals surface area contributed by atoms with Crippen molar-refractivity contribution in [1.82, 2.24) is 9.97 Å². The van der Waals surface area contributed by atoms with E-state index in [1.165, 1.54) is 29.5 Å². The second-order valence-corrected chi connectivity index (χ2v) is 6.26. The van der Waals surface area contributed by atoms with Crippen molar-refractivity contribution in [3.05, 3.63) is 53.1 Å². The largest absolute Gasteiger partial charge is 0.494 e. The van der Waals surface area contributed by atoms with E-state index in [1.807, 2.05) is 18.2 Å². The first-order valence-electron chi connectivity index (χ1n) is 8.10. The molecule has 1 aliphatic carbocycles. The second kappa shape index (κ2) is 5.61. The lowest BCUT2D eigenvalue weighted by atomic mass is 10.0. The smallest absolute Gasteiger partial charge is 0.201 e. The zero-order valence-corrected chi connectivity index (χ0v) is 13.5. The SMILES string of the molecule is COc1cccc2[nH]c(NCc3ccc(C4CC4)c(C)c3)nc12. The van der Waals surface area contributed by atoms with Crippen LogP contribution in [0.1, 0.15) is 35.4 Å². The van der Waals surface area contributed by atoms with Crippen molar-refractivity contribution in [2.24, 2.45) is 0 Å². The maximum Gasteiger partial charge on any atom is 0.201 e. The van der Waals surface area contributed by atoms with Crippen LogP contribution in [0.4, 0.5) is 5.95 Å². The number of rotatable bonds is 5. The van der Waals surface area contributed by atoms with Gasteiger partial charge < -0.3 is 15.0 Å². The quantitative estimate of drug-likeness (QED) is 0.736. The van der Waals surface area contributed by atoms with Gasteiger partial charge in [-0.3, -0.25) is 0 Å². The summed E-state index contributed by atoms with van der Waals surface area (Å²) in [5.74, 6) is 2.37. The lowest BCUT2D eigenvalue weighted by Gasteiger charge is -2.08.